The Morgan fingerprint density at radius 2 is 1.88 bits per heavy atom. The molecule has 1 aliphatic rings. The summed E-state index contributed by atoms with van der Waals surface area (Å²) in [6, 6.07) is 6.61. The molecule has 0 heterocycles. The van der Waals surface area contributed by atoms with Crippen molar-refractivity contribution in [2.24, 2.45) is 11.8 Å². The summed E-state index contributed by atoms with van der Waals surface area (Å²) in [5, 5.41) is 14.0. The van der Waals surface area contributed by atoms with Gasteiger partial charge in [0.15, 0.2) is 0 Å². The van der Waals surface area contributed by atoms with Crippen molar-refractivity contribution in [3.05, 3.63) is 29.8 Å². The molecule has 2 atom stereocenters. The lowest BCUT2D eigenvalue weighted by Crippen LogP contribution is -2.26. The minimum atomic E-state index is -0.953. The number of amides is 2. The number of carbonyl (C=O) groups excluding carboxylic acids is 2. The van der Waals surface area contributed by atoms with Gasteiger partial charge in [-0.3, -0.25) is 14.4 Å². The molecule has 1 aromatic rings. The van der Waals surface area contributed by atoms with E-state index < -0.39 is 5.97 Å². The van der Waals surface area contributed by atoms with Crippen LogP contribution in [0.2, 0.25) is 0 Å². The van der Waals surface area contributed by atoms with E-state index in [1.165, 1.54) is 12.8 Å². The van der Waals surface area contributed by atoms with Crippen LogP contribution >= 0.6 is 0 Å². The molecular formula is C19H26N2O4. The Balaban J connectivity index is 1.80. The van der Waals surface area contributed by atoms with Crippen LogP contribution in [0, 0.1) is 11.8 Å². The standard InChI is InChI=1S/C19H26N2O4/c1-13-3-2-4-14(11-13)12-17(22)21-16-7-5-15(6-8-16)19(25)20-10-9-18(23)24/h5-8,13-14H,2-4,9-12H2,1H3,(H,20,25)(H,21,22)(H,23,24). The fraction of sp³-hybridized carbons (Fsp3) is 0.526. The first-order chi connectivity index (χ1) is 11.9. The average Bonchev–Trinajstić information content (AvgIpc) is 2.55. The third kappa shape index (κ3) is 6.57. The minimum Gasteiger partial charge on any atom is -0.481 e. The molecule has 1 saturated carbocycles. The quantitative estimate of drug-likeness (QED) is 0.707. The monoisotopic (exact) mass is 346 g/mol. The maximum Gasteiger partial charge on any atom is 0.305 e. The second-order valence-electron chi connectivity index (χ2n) is 6.87. The van der Waals surface area contributed by atoms with E-state index in [0.717, 1.165) is 12.8 Å². The lowest BCUT2D eigenvalue weighted by molar-refractivity contribution is -0.136. The Bertz CT molecular complexity index is 612. The predicted molar refractivity (Wildman–Crippen MR) is 95.4 cm³/mol. The number of anilines is 1. The highest BCUT2D eigenvalue weighted by atomic mass is 16.4. The first-order valence-corrected chi connectivity index (χ1v) is 8.84. The summed E-state index contributed by atoms with van der Waals surface area (Å²) in [6.07, 6.45) is 5.12. The normalized spacial score (nSPS) is 19.9. The second-order valence-corrected chi connectivity index (χ2v) is 6.87. The Hall–Kier alpha value is -2.37. The smallest absolute Gasteiger partial charge is 0.305 e. The van der Waals surface area contributed by atoms with Gasteiger partial charge in [0.1, 0.15) is 0 Å². The van der Waals surface area contributed by atoms with Gasteiger partial charge in [0, 0.05) is 24.2 Å². The number of hydrogen-bond donors (Lipinski definition) is 3. The molecule has 1 aromatic carbocycles. The zero-order chi connectivity index (χ0) is 18.2. The van der Waals surface area contributed by atoms with Gasteiger partial charge in [-0.1, -0.05) is 19.8 Å². The van der Waals surface area contributed by atoms with Crippen LogP contribution in [-0.4, -0.2) is 29.4 Å². The van der Waals surface area contributed by atoms with Crippen molar-refractivity contribution in [1.82, 2.24) is 5.32 Å². The van der Waals surface area contributed by atoms with E-state index in [-0.39, 0.29) is 24.8 Å². The second kappa shape index (κ2) is 9.20. The van der Waals surface area contributed by atoms with Crippen molar-refractivity contribution in [3.8, 4) is 0 Å². The third-order valence-corrected chi connectivity index (χ3v) is 4.57. The van der Waals surface area contributed by atoms with E-state index in [1.807, 2.05) is 0 Å². The van der Waals surface area contributed by atoms with Crippen LogP contribution < -0.4 is 10.6 Å². The highest BCUT2D eigenvalue weighted by Gasteiger charge is 2.21. The number of carboxylic acid groups (broad SMARTS) is 1. The molecule has 2 rings (SSSR count). The van der Waals surface area contributed by atoms with Gasteiger partial charge in [-0.2, -0.15) is 0 Å². The zero-order valence-corrected chi connectivity index (χ0v) is 14.6. The number of nitrogens with one attached hydrogen (secondary N) is 2. The third-order valence-electron chi connectivity index (χ3n) is 4.57. The molecule has 0 aromatic heterocycles. The average molecular weight is 346 g/mol. The number of carbonyl (C=O) groups is 3. The largest absolute Gasteiger partial charge is 0.481 e. The van der Waals surface area contributed by atoms with Crippen LogP contribution in [0.25, 0.3) is 0 Å². The summed E-state index contributed by atoms with van der Waals surface area (Å²) < 4.78 is 0. The van der Waals surface area contributed by atoms with Crippen molar-refractivity contribution in [2.75, 3.05) is 11.9 Å². The molecule has 1 fully saturated rings. The molecule has 1 aliphatic carbocycles. The van der Waals surface area contributed by atoms with Gasteiger partial charge < -0.3 is 15.7 Å². The summed E-state index contributed by atoms with van der Waals surface area (Å²) in [5.74, 6) is -0.104. The Labute approximate surface area is 148 Å². The topological polar surface area (TPSA) is 95.5 Å². The molecule has 0 aliphatic heterocycles. The van der Waals surface area contributed by atoms with Crippen molar-refractivity contribution in [3.63, 3.8) is 0 Å². The molecule has 2 unspecified atom stereocenters. The number of hydrogen-bond acceptors (Lipinski definition) is 3. The maximum absolute atomic E-state index is 12.2. The van der Waals surface area contributed by atoms with Crippen LogP contribution in [0.4, 0.5) is 5.69 Å². The van der Waals surface area contributed by atoms with E-state index >= 15 is 0 Å². The van der Waals surface area contributed by atoms with Crippen molar-refractivity contribution in [1.29, 1.82) is 0 Å². The molecule has 6 heteroatoms. The molecule has 136 valence electrons. The lowest BCUT2D eigenvalue weighted by Gasteiger charge is -2.26. The van der Waals surface area contributed by atoms with Gasteiger partial charge >= 0.3 is 5.97 Å². The van der Waals surface area contributed by atoms with E-state index in [9.17, 15) is 14.4 Å². The summed E-state index contributed by atoms with van der Waals surface area (Å²) in [7, 11) is 0. The number of carboxylic acids is 1. The van der Waals surface area contributed by atoms with Crippen LogP contribution in [0.5, 0.6) is 0 Å². The first-order valence-electron chi connectivity index (χ1n) is 8.84. The van der Waals surface area contributed by atoms with Gasteiger partial charge in [0.25, 0.3) is 5.91 Å². The zero-order valence-electron chi connectivity index (χ0n) is 14.6. The summed E-state index contributed by atoms with van der Waals surface area (Å²) >= 11 is 0. The summed E-state index contributed by atoms with van der Waals surface area (Å²) in [6.45, 7) is 2.33. The van der Waals surface area contributed by atoms with E-state index in [0.29, 0.717) is 29.5 Å². The molecule has 0 spiro atoms. The summed E-state index contributed by atoms with van der Waals surface area (Å²) in [5.41, 5.74) is 1.10. The minimum absolute atomic E-state index is 0.0118. The van der Waals surface area contributed by atoms with Gasteiger partial charge in [0.05, 0.1) is 6.42 Å². The molecule has 2 amide bonds. The van der Waals surface area contributed by atoms with Crippen LogP contribution in [-0.2, 0) is 9.59 Å². The SMILES string of the molecule is CC1CCCC(CC(=O)Nc2ccc(C(=O)NCCC(=O)O)cc2)C1. The summed E-state index contributed by atoms with van der Waals surface area (Å²) in [4.78, 5) is 34.5. The molecule has 0 saturated heterocycles. The van der Waals surface area contributed by atoms with Crippen molar-refractivity contribution >= 4 is 23.5 Å². The fourth-order valence-electron chi connectivity index (χ4n) is 3.31. The van der Waals surface area contributed by atoms with E-state index in [1.54, 1.807) is 24.3 Å². The Kier molecular flexibility index (Phi) is 6.98. The van der Waals surface area contributed by atoms with E-state index in [2.05, 4.69) is 17.6 Å². The number of rotatable bonds is 7. The van der Waals surface area contributed by atoms with Gasteiger partial charge in [0.2, 0.25) is 5.91 Å². The van der Waals surface area contributed by atoms with E-state index in [4.69, 9.17) is 5.11 Å². The van der Waals surface area contributed by atoms with Gasteiger partial charge in [-0.25, -0.2) is 0 Å². The van der Waals surface area contributed by atoms with Crippen molar-refractivity contribution in [2.45, 2.75) is 45.4 Å². The first kappa shape index (κ1) is 19.0. The molecule has 0 radical (unpaired) electrons. The maximum atomic E-state index is 12.2. The molecule has 3 N–H and O–H groups in total. The fourth-order valence-corrected chi connectivity index (χ4v) is 3.31. The molecule has 0 bridgehead atoms. The molecule has 6 nitrogen and oxygen atoms in total. The highest BCUT2D eigenvalue weighted by molar-refractivity contribution is 5.96. The van der Waals surface area contributed by atoms with Crippen LogP contribution in [0.15, 0.2) is 24.3 Å². The predicted octanol–water partition coefficient (Wildman–Crippen LogP) is 3.05. The number of benzene rings is 1. The van der Waals surface area contributed by atoms with Crippen LogP contribution in [0.1, 0.15) is 55.8 Å². The number of aliphatic carboxylic acids is 1. The van der Waals surface area contributed by atoms with Gasteiger partial charge in [-0.15, -0.1) is 0 Å². The Morgan fingerprint density at radius 1 is 1.16 bits per heavy atom. The lowest BCUT2D eigenvalue weighted by atomic mass is 9.81. The molecule has 25 heavy (non-hydrogen) atoms. The molecular weight excluding hydrogens is 320 g/mol. The highest BCUT2D eigenvalue weighted by Crippen LogP contribution is 2.30. The Morgan fingerprint density at radius 3 is 2.52 bits per heavy atom. The van der Waals surface area contributed by atoms with Gasteiger partial charge in [-0.05, 0) is 48.9 Å². The van der Waals surface area contributed by atoms with Crippen molar-refractivity contribution < 1.29 is 19.5 Å². The van der Waals surface area contributed by atoms with Crippen LogP contribution in [0.3, 0.4) is 0 Å².